The summed E-state index contributed by atoms with van der Waals surface area (Å²) in [4.78, 5) is 17.9. The van der Waals surface area contributed by atoms with Crippen molar-refractivity contribution in [3.05, 3.63) is 72.1 Å². The van der Waals surface area contributed by atoms with E-state index in [0.29, 0.717) is 6.54 Å². The summed E-state index contributed by atoms with van der Waals surface area (Å²) in [7, 11) is 1.95. The Morgan fingerprint density at radius 2 is 1.92 bits per heavy atom. The lowest BCUT2D eigenvalue weighted by atomic mass is 10.1. The predicted molar refractivity (Wildman–Crippen MR) is 99.9 cm³/mol. The first-order chi connectivity index (χ1) is 12.1. The molecule has 126 valence electrons. The van der Waals surface area contributed by atoms with Gasteiger partial charge in [0.15, 0.2) is 5.78 Å². The number of benzene rings is 2. The molecule has 0 saturated heterocycles. The molecule has 0 amide bonds. The lowest BCUT2D eigenvalue weighted by molar-refractivity contribution is 0.0920. The molecule has 1 unspecified atom stereocenters. The molecule has 1 N–H and O–H groups in total. The molecule has 4 heteroatoms. The molecule has 4 nitrogen and oxygen atoms in total. The van der Waals surface area contributed by atoms with Gasteiger partial charge in [0.25, 0.3) is 0 Å². The van der Waals surface area contributed by atoms with Gasteiger partial charge in [-0.2, -0.15) is 0 Å². The van der Waals surface area contributed by atoms with E-state index < -0.39 is 0 Å². The average Bonchev–Trinajstić information content (AvgIpc) is 3.24. The Hall–Kier alpha value is -2.85. The number of aromatic nitrogens is 1. The van der Waals surface area contributed by atoms with Crippen molar-refractivity contribution in [3.8, 4) is 0 Å². The maximum absolute atomic E-state index is 12.7. The molecule has 0 bridgehead atoms. The van der Waals surface area contributed by atoms with Crippen molar-refractivity contribution in [2.24, 2.45) is 0 Å². The maximum Gasteiger partial charge on any atom is 0.178 e. The standard InChI is InChI=1S/C21H20N2O2/c1-14(21-11-15-7-3-6-10-20(15)25-21)23(2)13-19(24)17-12-22-18-9-5-4-8-16(17)18/h3-12,14,22H,13H2,1-2H3. The van der Waals surface area contributed by atoms with Crippen LogP contribution in [0.25, 0.3) is 21.9 Å². The van der Waals surface area contributed by atoms with Crippen LogP contribution in [0.1, 0.15) is 29.1 Å². The summed E-state index contributed by atoms with van der Waals surface area (Å²) in [5.41, 5.74) is 2.60. The molecule has 25 heavy (non-hydrogen) atoms. The van der Waals surface area contributed by atoms with Crippen LogP contribution in [0, 0.1) is 0 Å². The number of carbonyl (C=O) groups excluding carboxylic acids is 1. The van der Waals surface area contributed by atoms with Crippen LogP contribution in [0.15, 0.2) is 65.2 Å². The van der Waals surface area contributed by atoms with Crippen LogP contribution >= 0.6 is 0 Å². The number of fused-ring (bicyclic) bond motifs is 2. The SMILES string of the molecule is CC(c1cc2ccccc2o1)N(C)CC(=O)c1c[nH]c2ccccc12. The Morgan fingerprint density at radius 1 is 1.16 bits per heavy atom. The van der Waals surface area contributed by atoms with Gasteiger partial charge in [0.05, 0.1) is 12.6 Å². The molecule has 0 aliphatic rings. The molecule has 0 spiro atoms. The summed E-state index contributed by atoms with van der Waals surface area (Å²) in [5, 5.41) is 2.05. The molecule has 0 aliphatic heterocycles. The lowest BCUT2D eigenvalue weighted by Gasteiger charge is -2.22. The van der Waals surface area contributed by atoms with Gasteiger partial charge in [0.1, 0.15) is 11.3 Å². The number of aromatic amines is 1. The van der Waals surface area contributed by atoms with E-state index in [0.717, 1.165) is 33.2 Å². The van der Waals surface area contributed by atoms with Gasteiger partial charge in [-0.05, 0) is 32.2 Å². The number of Topliss-reactive ketones (excluding diaryl/α,β-unsaturated/α-hetero) is 1. The number of ketones is 1. The summed E-state index contributed by atoms with van der Waals surface area (Å²) in [6.07, 6.45) is 1.80. The minimum Gasteiger partial charge on any atom is -0.459 e. The van der Waals surface area contributed by atoms with Crippen molar-refractivity contribution in [1.82, 2.24) is 9.88 Å². The molecule has 2 aromatic heterocycles. The molecule has 0 radical (unpaired) electrons. The summed E-state index contributed by atoms with van der Waals surface area (Å²) in [6.45, 7) is 2.39. The molecular formula is C21H20N2O2. The minimum atomic E-state index is 0.0153. The van der Waals surface area contributed by atoms with E-state index in [4.69, 9.17) is 4.42 Å². The number of hydrogen-bond donors (Lipinski definition) is 1. The minimum absolute atomic E-state index is 0.0153. The van der Waals surface area contributed by atoms with Crippen LogP contribution in [-0.2, 0) is 0 Å². The number of nitrogens with one attached hydrogen (secondary N) is 1. The Morgan fingerprint density at radius 3 is 2.76 bits per heavy atom. The summed E-state index contributed by atoms with van der Waals surface area (Å²) < 4.78 is 5.93. The van der Waals surface area contributed by atoms with E-state index in [-0.39, 0.29) is 11.8 Å². The Labute approximate surface area is 146 Å². The van der Waals surface area contributed by atoms with Gasteiger partial charge in [0, 0.05) is 28.0 Å². The van der Waals surface area contributed by atoms with E-state index in [9.17, 15) is 4.79 Å². The Bertz CT molecular complexity index is 1010. The van der Waals surface area contributed by atoms with Crippen LogP contribution in [0.3, 0.4) is 0 Å². The number of furan rings is 1. The van der Waals surface area contributed by atoms with Gasteiger partial charge in [-0.25, -0.2) is 0 Å². The highest BCUT2D eigenvalue weighted by atomic mass is 16.3. The highest BCUT2D eigenvalue weighted by Crippen LogP contribution is 2.27. The molecule has 0 fully saturated rings. The average molecular weight is 332 g/mol. The van der Waals surface area contributed by atoms with Crippen molar-refractivity contribution in [2.45, 2.75) is 13.0 Å². The van der Waals surface area contributed by atoms with Gasteiger partial charge in [-0.1, -0.05) is 36.4 Å². The van der Waals surface area contributed by atoms with Crippen LogP contribution in [-0.4, -0.2) is 29.3 Å². The normalized spacial score (nSPS) is 12.9. The second-order valence-corrected chi connectivity index (χ2v) is 6.45. The third kappa shape index (κ3) is 2.85. The smallest absolute Gasteiger partial charge is 0.178 e. The van der Waals surface area contributed by atoms with E-state index in [1.54, 1.807) is 6.20 Å². The molecular weight excluding hydrogens is 312 g/mol. The number of hydrogen-bond acceptors (Lipinski definition) is 3. The van der Waals surface area contributed by atoms with Crippen LogP contribution in [0.4, 0.5) is 0 Å². The van der Waals surface area contributed by atoms with E-state index in [2.05, 4.69) is 11.9 Å². The fourth-order valence-corrected chi connectivity index (χ4v) is 3.18. The molecule has 4 rings (SSSR count). The third-order valence-corrected chi connectivity index (χ3v) is 4.80. The lowest BCUT2D eigenvalue weighted by Crippen LogP contribution is -2.28. The van der Waals surface area contributed by atoms with Crippen LogP contribution in [0.2, 0.25) is 0 Å². The summed E-state index contributed by atoms with van der Waals surface area (Å²) in [6, 6.07) is 17.9. The van der Waals surface area contributed by atoms with Crippen molar-refractivity contribution >= 4 is 27.7 Å². The zero-order valence-electron chi connectivity index (χ0n) is 14.3. The number of para-hydroxylation sites is 2. The van der Waals surface area contributed by atoms with Gasteiger partial charge in [0.2, 0.25) is 0 Å². The monoisotopic (exact) mass is 332 g/mol. The Balaban J connectivity index is 1.54. The van der Waals surface area contributed by atoms with Gasteiger partial charge < -0.3 is 9.40 Å². The number of nitrogens with zero attached hydrogens (tertiary/aromatic N) is 1. The number of rotatable bonds is 5. The van der Waals surface area contributed by atoms with E-state index >= 15 is 0 Å². The molecule has 2 heterocycles. The molecule has 4 aromatic rings. The van der Waals surface area contributed by atoms with Gasteiger partial charge >= 0.3 is 0 Å². The van der Waals surface area contributed by atoms with E-state index in [1.165, 1.54) is 0 Å². The van der Waals surface area contributed by atoms with Crippen LogP contribution in [0.5, 0.6) is 0 Å². The zero-order valence-corrected chi connectivity index (χ0v) is 14.3. The van der Waals surface area contributed by atoms with Crippen molar-refractivity contribution in [2.75, 3.05) is 13.6 Å². The van der Waals surface area contributed by atoms with Gasteiger partial charge in [-0.15, -0.1) is 0 Å². The molecule has 2 aromatic carbocycles. The summed E-state index contributed by atoms with van der Waals surface area (Å²) >= 11 is 0. The number of H-pyrrole nitrogens is 1. The molecule has 1 atom stereocenters. The first-order valence-corrected chi connectivity index (χ1v) is 8.41. The topological polar surface area (TPSA) is 49.2 Å². The highest BCUT2D eigenvalue weighted by Gasteiger charge is 2.20. The van der Waals surface area contributed by atoms with Crippen molar-refractivity contribution in [3.63, 3.8) is 0 Å². The third-order valence-electron chi connectivity index (χ3n) is 4.80. The van der Waals surface area contributed by atoms with Crippen molar-refractivity contribution in [1.29, 1.82) is 0 Å². The first-order valence-electron chi connectivity index (χ1n) is 8.41. The number of likely N-dealkylation sites (N-methyl/N-ethyl adjacent to an activating group) is 1. The van der Waals surface area contributed by atoms with E-state index in [1.807, 2.05) is 66.5 Å². The predicted octanol–water partition coefficient (Wildman–Crippen LogP) is 4.79. The fraction of sp³-hybridized carbons (Fsp3) is 0.190. The van der Waals surface area contributed by atoms with Crippen LogP contribution < -0.4 is 0 Å². The molecule has 0 saturated carbocycles. The first kappa shape index (κ1) is 15.7. The molecule has 0 aliphatic carbocycles. The van der Waals surface area contributed by atoms with Crippen molar-refractivity contribution < 1.29 is 9.21 Å². The Kier molecular flexibility index (Phi) is 3.90. The maximum atomic E-state index is 12.7. The highest BCUT2D eigenvalue weighted by molar-refractivity contribution is 6.08. The second-order valence-electron chi connectivity index (χ2n) is 6.45. The largest absolute Gasteiger partial charge is 0.459 e. The zero-order chi connectivity index (χ0) is 17.4. The quantitative estimate of drug-likeness (QED) is 0.535. The number of carbonyl (C=O) groups is 1. The summed E-state index contributed by atoms with van der Waals surface area (Å²) in [5.74, 6) is 0.971. The fourth-order valence-electron chi connectivity index (χ4n) is 3.18. The van der Waals surface area contributed by atoms with Gasteiger partial charge in [-0.3, -0.25) is 9.69 Å². The second kappa shape index (κ2) is 6.22.